The molecule has 3 N–H and O–H groups in total. The van der Waals surface area contributed by atoms with Crippen molar-refractivity contribution in [2.45, 2.75) is 44.8 Å². The highest BCUT2D eigenvalue weighted by Crippen LogP contribution is 2.26. The largest absolute Gasteiger partial charge is 0.508 e. The summed E-state index contributed by atoms with van der Waals surface area (Å²) in [4.78, 5) is 28.7. The summed E-state index contributed by atoms with van der Waals surface area (Å²) >= 11 is 0. The molecule has 0 aromatic heterocycles. The van der Waals surface area contributed by atoms with Crippen LogP contribution in [0.5, 0.6) is 5.75 Å². The fraction of sp³-hybridized carbons (Fsp3) is 0.435. The molecule has 3 amide bonds. The highest BCUT2D eigenvalue weighted by Gasteiger charge is 2.29. The van der Waals surface area contributed by atoms with Crippen LogP contribution in [0.4, 0.5) is 4.79 Å². The summed E-state index contributed by atoms with van der Waals surface area (Å²) in [5, 5.41) is 15.6. The predicted octanol–water partition coefficient (Wildman–Crippen LogP) is 2.77. The van der Waals surface area contributed by atoms with E-state index in [9.17, 15) is 14.7 Å². The molecule has 7 heteroatoms. The summed E-state index contributed by atoms with van der Waals surface area (Å²) in [7, 11) is 0. The second-order valence-corrected chi connectivity index (χ2v) is 8.08. The van der Waals surface area contributed by atoms with E-state index < -0.39 is 0 Å². The van der Waals surface area contributed by atoms with Crippen LogP contribution in [-0.4, -0.2) is 48.1 Å². The van der Waals surface area contributed by atoms with Crippen molar-refractivity contribution in [2.24, 2.45) is 10.9 Å². The van der Waals surface area contributed by atoms with Crippen LogP contribution in [0.15, 0.2) is 47.0 Å². The number of aryl methyl sites for hydroxylation is 1. The fourth-order valence-corrected chi connectivity index (χ4v) is 4.11. The molecule has 1 saturated heterocycles. The maximum absolute atomic E-state index is 12.4. The Morgan fingerprint density at radius 3 is 2.97 bits per heavy atom. The number of hydrogen-bond donors (Lipinski definition) is 3. The predicted molar refractivity (Wildman–Crippen MR) is 114 cm³/mol. The topological polar surface area (TPSA) is 100 Å². The van der Waals surface area contributed by atoms with E-state index in [2.05, 4.69) is 15.6 Å². The molecule has 3 aliphatic rings. The number of urea groups is 1. The van der Waals surface area contributed by atoms with Crippen LogP contribution >= 0.6 is 0 Å². The highest BCUT2D eigenvalue weighted by atomic mass is 16.5. The number of carbonyl (C=O) groups excluding carboxylic acids is 2. The third-order valence-corrected chi connectivity index (χ3v) is 5.91. The number of phenols is 1. The molecule has 0 radical (unpaired) electrons. The van der Waals surface area contributed by atoms with Crippen LogP contribution in [0.3, 0.4) is 0 Å². The lowest BCUT2D eigenvalue weighted by atomic mass is 9.85. The Kier molecular flexibility index (Phi) is 5.99. The van der Waals surface area contributed by atoms with E-state index in [1.165, 1.54) is 0 Å². The minimum Gasteiger partial charge on any atom is -0.508 e. The molecule has 3 atom stereocenters. The quantitative estimate of drug-likeness (QED) is 0.696. The van der Waals surface area contributed by atoms with E-state index in [4.69, 9.17) is 4.74 Å². The smallest absolute Gasteiger partial charge is 0.341 e. The van der Waals surface area contributed by atoms with Crippen LogP contribution in [-0.2, 0) is 9.53 Å². The average molecular weight is 409 g/mol. The lowest BCUT2D eigenvalue weighted by Crippen LogP contribution is -2.44. The van der Waals surface area contributed by atoms with Crippen LogP contribution in [0, 0.1) is 12.8 Å². The van der Waals surface area contributed by atoms with Gasteiger partial charge in [-0.2, -0.15) is 4.99 Å². The molecule has 0 spiro atoms. The number of phenolic OH excluding ortho intramolecular Hbond substituents is 1. The van der Waals surface area contributed by atoms with Crippen molar-refractivity contribution in [3.63, 3.8) is 0 Å². The van der Waals surface area contributed by atoms with E-state index in [-0.39, 0.29) is 35.8 Å². The van der Waals surface area contributed by atoms with Gasteiger partial charge in [-0.1, -0.05) is 18.2 Å². The standard InChI is InChI=1S/C23H27N3O4/c1-14-11-17(8-9-21(14)27)20-12-19(25-23(29)26-20)15-4-6-16(7-5-15)22(28)24-13-18-3-2-10-30-18/h4,6-9,11,15,18-19,27H,2-3,5,10,12-13H2,1H3,(H,24,28)(H,25,29). The first kappa shape index (κ1) is 20.3. The lowest BCUT2D eigenvalue weighted by molar-refractivity contribution is -0.117. The minimum absolute atomic E-state index is 0.0882. The van der Waals surface area contributed by atoms with Gasteiger partial charge in [0.2, 0.25) is 0 Å². The summed E-state index contributed by atoms with van der Waals surface area (Å²) in [5.74, 6) is 0.226. The van der Waals surface area contributed by atoms with Crippen LogP contribution < -0.4 is 10.6 Å². The zero-order valence-corrected chi connectivity index (χ0v) is 17.1. The van der Waals surface area contributed by atoms with E-state index in [0.717, 1.165) is 30.6 Å². The number of rotatable bonds is 5. The monoisotopic (exact) mass is 409 g/mol. The molecule has 1 aromatic rings. The first-order valence-corrected chi connectivity index (χ1v) is 10.5. The Balaban J connectivity index is 1.36. The number of nitrogens with one attached hydrogen (secondary N) is 2. The summed E-state index contributed by atoms with van der Waals surface area (Å²) in [6.07, 6.45) is 9.19. The number of aliphatic imine (C=N–C) groups is 1. The van der Waals surface area contributed by atoms with Crippen molar-refractivity contribution in [1.82, 2.24) is 10.6 Å². The molecule has 2 aliphatic heterocycles. The van der Waals surface area contributed by atoms with Gasteiger partial charge in [0.05, 0.1) is 11.8 Å². The summed E-state index contributed by atoms with van der Waals surface area (Å²) in [5.41, 5.74) is 2.95. The second-order valence-electron chi connectivity index (χ2n) is 8.08. The van der Waals surface area contributed by atoms with Crippen molar-refractivity contribution < 1.29 is 19.4 Å². The Hall–Kier alpha value is -2.93. The van der Waals surface area contributed by atoms with E-state index in [1.54, 1.807) is 12.1 Å². The van der Waals surface area contributed by atoms with Gasteiger partial charge in [0.1, 0.15) is 5.75 Å². The number of allylic oxidation sites excluding steroid dienone is 1. The van der Waals surface area contributed by atoms with Gasteiger partial charge in [-0.3, -0.25) is 4.79 Å². The Labute approximate surface area is 175 Å². The number of hydrogen-bond acceptors (Lipinski definition) is 4. The van der Waals surface area contributed by atoms with Gasteiger partial charge in [-0.05, 0) is 55.5 Å². The first-order valence-electron chi connectivity index (χ1n) is 10.5. The molecule has 1 aliphatic carbocycles. The summed E-state index contributed by atoms with van der Waals surface area (Å²) in [6, 6.07) is 4.80. The minimum atomic E-state index is -0.357. The zero-order valence-electron chi connectivity index (χ0n) is 17.1. The van der Waals surface area contributed by atoms with Gasteiger partial charge < -0.3 is 20.5 Å². The Morgan fingerprint density at radius 2 is 2.27 bits per heavy atom. The molecule has 0 bridgehead atoms. The second kappa shape index (κ2) is 8.83. The molecule has 1 fully saturated rings. The fourth-order valence-electron chi connectivity index (χ4n) is 4.11. The highest BCUT2D eigenvalue weighted by molar-refractivity contribution is 6.08. The van der Waals surface area contributed by atoms with E-state index in [0.29, 0.717) is 30.7 Å². The third kappa shape index (κ3) is 4.62. The SMILES string of the molecule is Cc1cc(C2=NC(=O)NC(C3C=CC(C(=O)NCC4CCCO4)=CC3)C2)ccc1O. The Bertz CT molecular complexity index is 928. The van der Waals surface area contributed by atoms with Gasteiger partial charge in [-0.25, -0.2) is 4.79 Å². The van der Waals surface area contributed by atoms with Gasteiger partial charge >= 0.3 is 6.03 Å². The van der Waals surface area contributed by atoms with Crippen molar-refractivity contribution in [3.8, 4) is 5.75 Å². The van der Waals surface area contributed by atoms with E-state index >= 15 is 0 Å². The first-order chi connectivity index (χ1) is 14.5. The van der Waals surface area contributed by atoms with Gasteiger partial charge in [0.15, 0.2) is 0 Å². The average Bonchev–Trinajstić information content (AvgIpc) is 3.27. The molecule has 3 unspecified atom stereocenters. The normalized spacial score (nSPS) is 26.0. The van der Waals surface area contributed by atoms with Crippen molar-refractivity contribution >= 4 is 17.6 Å². The third-order valence-electron chi connectivity index (χ3n) is 5.91. The number of aromatic hydroxyl groups is 1. The molecule has 2 heterocycles. The maximum Gasteiger partial charge on any atom is 0.341 e. The van der Waals surface area contributed by atoms with Crippen molar-refractivity contribution in [3.05, 3.63) is 53.1 Å². The molecular weight excluding hydrogens is 382 g/mol. The van der Waals surface area contributed by atoms with Crippen LogP contribution in [0.2, 0.25) is 0 Å². The van der Waals surface area contributed by atoms with Gasteiger partial charge in [0, 0.05) is 37.1 Å². The number of benzene rings is 1. The van der Waals surface area contributed by atoms with Crippen LogP contribution in [0.1, 0.15) is 36.8 Å². The van der Waals surface area contributed by atoms with Crippen molar-refractivity contribution in [1.29, 1.82) is 0 Å². The number of carbonyl (C=O) groups is 2. The number of amides is 3. The van der Waals surface area contributed by atoms with E-state index in [1.807, 2.05) is 31.2 Å². The Morgan fingerprint density at radius 1 is 1.40 bits per heavy atom. The molecular formula is C23H27N3O4. The molecule has 7 nitrogen and oxygen atoms in total. The number of ether oxygens (including phenoxy) is 1. The lowest BCUT2D eigenvalue weighted by Gasteiger charge is -2.30. The number of nitrogens with zero attached hydrogens (tertiary/aromatic N) is 1. The van der Waals surface area contributed by atoms with Gasteiger partial charge in [0.25, 0.3) is 5.91 Å². The summed E-state index contributed by atoms with van der Waals surface area (Å²) < 4.78 is 5.54. The van der Waals surface area contributed by atoms with Gasteiger partial charge in [-0.15, -0.1) is 0 Å². The van der Waals surface area contributed by atoms with Crippen LogP contribution in [0.25, 0.3) is 0 Å². The molecule has 4 rings (SSSR count). The zero-order chi connectivity index (χ0) is 21.1. The molecule has 0 saturated carbocycles. The molecule has 158 valence electrons. The molecule has 30 heavy (non-hydrogen) atoms. The maximum atomic E-state index is 12.4. The van der Waals surface area contributed by atoms with Crippen molar-refractivity contribution in [2.75, 3.05) is 13.2 Å². The summed E-state index contributed by atoms with van der Waals surface area (Å²) in [6.45, 7) is 3.13. The molecule has 1 aromatic carbocycles.